The standard InChI is InChI=1S/C17H11Cl2FN2O3/c18-8-14(23)22-15-10-3-1-2-4-13(10)25-16(15)17(24)21-9-5-6-12(20)11(19)7-9/h1-7H,8H2,(H,21,24)(H,22,23). The second kappa shape index (κ2) is 7.13. The van der Waals surface area contributed by atoms with Crippen LogP contribution in [0.25, 0.3) is 11.0 Å². The molecule has 2 N–H and O–H groups in total. The average molecular weight is 381 g/mol. The lowest BCUT2D eigenvalue weighted by Gasteiger charge is -2.07. The van der Waals surface area contributed by atoms with Crippen molar-refractivity contribution < 1.29 is 18.4 Å². The summed E-state index contributed by atoms with van der Waals surface area (Å²) in [6.07, 6.45) is 0. The second-order valence-electron chi connectivity index (χ2n) is 5.07. The molecule has 2 aromatic carbocycles. The minimum Gasteiger partial charge on any atom is -0.449 e. The molecule has 0 aliphatic rings. The number of furan rings is 1. The van der Waals surface area contributed by atoms with Crippen molar-refractivity contribution in [2.24, 2.45) is 0 Å². The first-order valence-electron chi connectivity index (χ1n) is 7.13. The van der Waals surface area contributed by atoms with Crippen molar-refractivity contribution in [2.75, 3.05) is 16.5 Å². The minimum absolute atomic E-state index is 0.0971. The van der Waals surface area contributed by atoms with Crippen molar-refractivity contribution in [3.8, 4) is 0 Å². The average Bonchev–Trinajstić information content (AvgIpc) is 2.97. The van der Waals surface area contributed by atoms with Gasteiger partial charge in [-0.05, 0) is 30.3 Å². The van der Waals surface area contributed by atoms with E-state index in [-0.39, 0.29) is 28.0 Å². The van der Waals surface area contributed by atoms with E-state index in [0.717, 1.165) is 6.07 Å². The zero-order valence-electron chi connectivity index (χ0n) is 12.6. The van der Waals surface area contributed by atoms with Crippen molar-refractivity contribution in [3.05, 3.63) is 59.1 Å². The number of carbonyl (C=O) groups excluding carboxylic acids is 2. The second-order valence-corrected chi connectivity index (χ2v) is 5.74. The van der Waals surface area contributed by atoms with Crippen molar-refractivity contribution in [1.82, 2.24) is 0 Å². The van der Waals surface area contributed by atoms with Crippen molar-refractivity contribution in [2.45, 2.75) is 0 Å². The van der Waals surface area contributed by atoms with Crippen LogP contribution < -0.4 is 10.6 Å². The molecule has 128 valence electrons. The quantitative estimate of drug-likeness (QED) is 0.646. The molecule has 5 nitrogen and oxygen atoms in total. The van der Waals surface area contributed by atoms with Gasteiger partial charge >= 0.3 is 0 Å². The van der Waals surface area contributed by atoms with Gasteiger partial charge in [0.1, 0.15) is 23.0 Å². The maximum absolute atomic E-state index is 13.2. The number of para-hydroxylation sites is 1. The fourth-order valence-electron chi connectivity index (χ4n) is 2.26. The smallest absolute Gasteiger partial charge is 0.293 e. The molecule has 1 heterocycles. The van der Waals surface area contributed by atoms with Crippen LogP contribution in [-0.4, -0.2) is 17.7 Å². The highest BCUT2D eigenvalue weighted by atomic mass is 35.5. The van der Waals surface area contributed by atoms with E-state index in [0.29, 0.717) is 11.0 Å². The fourth-order valence-corrected chi connectivity index (χ4v) is 2.51. The van der Waals surface area contributed by atoms with E-state index in [1.54, 1.807) is 24.3 Å². The predicted molar refractivity (Wildman–Crippen MR) is 94.9 cm³/mol. The Morgan fingerprint density at radius 3 is 2.60 bits per heavy atom. The zero-order valence-corrected chi connectivity index (χ0v) is 14.1. The Kier molecular flexibility index (Phi) is 4.92. The number of hydrogen-bond donors (Lipinski definition) is 2. The molecule has 0 aliphatic carbocycles. The number of amides is 2. The molecule has 8 heteroatoms. The molecule has 3 aromatic rings. The summed E-state index contributed by atoms with van der Waals surface area (Å²) in [6, 6.07) is 10.6. The summed E-state index contributed by atoms with van der Waals surface area (Å²) in [4.78, 5) is 24.2. The summed E-state index contributed by atoms with van der Waals surface area (Å²) in [7, 11) is 0. The summed E-state index contributed by atoms with van der Waals surface area (Å²) in [5.74, 6) is -2.07. The molecular weight excluding hydrogens is 370 g/mol. The van der Waals surface area contributed by atoms with Crippen LogP contribution in [0, 0.1) is 5.82 Å². The van der Waals surface area contributed by atoms with Gasteiger partial charge in [0.15, 0.2) is 0 Å². The summed E-state index contributed by atoms with van der Waals surface area (Å²) in [5.41, 5.74) is 0.924. The van der Waals surface area contributed by atoms with Crippen LogP contribution in [0.4, 0.5) is 15.8 Å². The molecule has 0 saturated heterocycles. The van der Waals surface area contributed by atoms with E-state index >= 15 is 0 Å². The third-order valence-electron chi connectivity index (χ3n) is 3.36. The van der Waals surface area contributed by atoms with Crippen LogP contribution in [0.5, 0.6) is 0 Å². The van der Waals surface area contributed by atoms with Crippen LogP contribution in [0.2, 0.25) is 5.02 Å². The Morgan fingerprint density at radius 1 is 1.12 bits per heavy atom. The van der Waals surface area contributed by atoms with Gasteiger partial charge in [-0.25, -0.2) is 4.39 Å². The first-order valence-corrected chi connectivity index (χ1v) is 8.04. The highest BCUT2D eigenvalue weighted by Gasteiger charge is 2.22. The summed E-state index contributed by atoms with van der Waals surface area (Å²) in [5, 5.41) is 5.54. The number of carbonyl (C=O) groups is 2. The Labute approximate surface area is 151 Å². The lowest BCUT2D eigenvalue weighted by Crippen LogP contribution is -2.17. The maximum Gasteiger partial charge on any atom is 0.293 e. The van der Waals surface area contributed by atoms with E-state index in [1.165, 1.54) is 12.1 Å². The third-order valence-corrected chi connectivity index (χ3v) is 3.90. The van der Waals surface area contributed by atoms with Gasteiger partial charge in [0, 0.05) is 11.1 Å². The van der Waals surface area contributed by atoms with E-state index in [2.05, 4.69) is 10.6 Å². The highest BCUT2D eigenvalue weighted by Crippen LogP contribution is 2.31. The molecule has 0 aliphatic heterocycles. The lowest BCUT2D eigenvalue weighted by molar-refractivity contribution is -0.113. The topological polar surface area (TPSA) is 71.3 Å². The van der Waals surface area contributed by atoms with Gasteiger partial charge in [-0.15, -0.1) is 11.6 Å². The molecule has 0 bridgehead atoms. The van der Waals surface area contributed by atoms with Crippen molar-refractivity contribution in [1.29, 1.82) is 0 Å². The molecule has 25 heavy (non-hydrogen) atoms. The van der Waals surface area contributed by atoms with Crippen molar-refractivity contribution in [3.63, 3.8) is 0 Å². The Morgan fingerprint density at radius 2 is 1.88 bits per heavy atom. The predicted octanol–water partition coefficient (Wildman–Crippen LogP) is 4.65. The number of fused-ring (bicyclic) bond motifs is 1. The minimum atomic E-state index is -0.622. The molecule has 2 amide bonds. The Bertz CT molecular complexity index is 972. The van der Waals surface area contributed by atoms with Gasteiger partial charge in [0.25, 0.3) is 5.91 Å². The molecular formula is C17H11Cl2FN2O3. The third kappa shape index (κ3) is 3.60. The van der Waals surface area contributed by atoms with Gasteiger partial charge < -0.3 is 15.1 Å². The molecule has 0 unspecified atom stereocenters. The van der Waals surface area contributed by atoms with Gasteiger partial charge in [0.05, 0.1) is 5.02 Å². The molecule has 0 fully saturated rings. The number of halogens is 3. The highest BCUT2D eigenvalue weighted by molar-refractivity contribution is 6.31. The van der Waals surface area contributed by atoms with E-state index in [9.17, 15) is 14.0 Å². The number of nitrogens with one attached hydrogen (secondary N) is 2. The number of alkyl halides is 1. The summed E-state index contributed by atoms with van der Waals surface area (Å²) in [6.45, 7) is 0. The van der Waals surface area contributed by atoms with Gasteiger partial charge in [-0.3, -0.25) is 9.59 Å². The molecule has 0 spiro atoms. The number of rotatable bonds is 4. The fraction of sp³-hybridized carbons (Fsp3) is 0.0588. The first kappa shape index (κ1) is 17.3. The SMILES string of the molecule is O=C(CCl)Nc1c(C(=O)Nc2ccc(F)c(Cl)c2)oc2ccccc12. The molecule has 0 atom stereocenters. The van der Waals surface area contributed by atoms with Crippen LogP contribution in [0.3, 0.4) is 0 Å². The molecule has 0 radical (unpaired) electrons. The molecule has 0 saturated carbocycles. The first-order chi connectivity index (χ1) is 12.0. The number of anilines is 2. The van der Waals surface area contributed by atoms with Crippen LogP contribution in [0.15, 0.2) is 46.9 Å². The van der Waals surface area contributed by atoms with Crippen molar-refractivity contribution >= 4 is 57.4 Å². The Balaban J connectivity index is 1.98. The summed E-state index contributed by atoms with van der Waals surface area (Å²) < 4.78 is 18.8. The van der Waals surface area contributed by atoms with E-state index in [4.69, 9.17) is 27.6 Å². The largest absolute Gasteiger partial charge is 0.449 e. The molecule has 1 aromatic heterocycles. The normalized spacial score (nSPS) is 10.7. The van der Waals surface area contributed by atoms with Crippen LogP contribution in [-0.2, 0) is 4.79 Å². The zero-order chi connectivity index (χ0) is 18.0. The van der Waals surface area contributed by atoms with E-state index in [1.807, 2.05) is 0 Å². The monoisotopic (exact) mass is 380 g/mol. The maximum atomic E-state index is 13.2. The van der Waals surface area contributed by atoms with Gasteiger partial charge in [-0.2, -0.15) is 0 Å². The summed E-state index contributed by atoms with van der Waals surface area (Å²) >= 11 is 11.2. The lowest BCUT2D eigenvalue weighted by atomic mass is 10.2. The van der Waals surface area contributed by atoms with Crippen LogP contribution in [0.1, 0.15) is 10.6 Å². The number of benzene rings is 2. The molecule has 3 rings (SSSR count). The van der Waals surface area contributed by atoms with Gasteiger partial charge in [-0.1, -0.05) is 23.7 Å². The van der Waals surface area contributed by atoms with Gasteiger partial charge in [0.2, 0.25) is 11.7 Å². The Hall–Kier alpha value is -2.57. The number of hydrogen-bond acceptors (Lipinski definition) is 3. The van der Waals surface area contributed by atoms with Crippen LogP contribution >= 0.6 is 23.2 Å². The van der Waals surface area contributed by atoms with E-state index < -0.39 is 17.6 Å².